The van der Waals surface area contributed by atoms with Gasteiger partial charge >= 0.3 is 6.18 Å². The number of halogens is 3. The Morgan fingerprint density at radius 3 is 2.00 bits per heavy atom. The van der Waals surface area contributed by atoms with Crippen LogP contribution in [0.1, 0.15) is 20.7 Å². The number of carbonyl (C=O) groups excluding carboxylic acids is 2. The lowest BCUT2D eigenvalue weighted by atomic mass is 10.1. The SMILES string of the molecule is O=Cc1ccc(C(=O)C(F)(F)F)cc1. The molecule has 0 saturated carbocycles. The number of Topliss-reactive ketones (excluding diaryl/α,β-unsaturated/α-hetero) is 1. The standard InChI is InChI=1S/C9H5F3O2/c10-9(11,12)8(14)7-3-1-6(5-13)2-4-7/h1-5H. The smallest absolute Gasteiger partial charge is 0.298 e. The van der Waals surface area contributed by atoms with Crippen molar-refractivity contribution in [1.29, 1.82) is 0 Å². The van der Waals surface area contributed by atoms with Crippen molar-refractivity contribution in [2.45, 2.75) is 6.18 Å². The predicted octanol–water partition coefficient (Wildman–Crippen LogP) is 2.24. The first kappa shape index (κ1) is 10.4. The van der Waals surface area contributed by atoms with Gasteiger partial charge in [0.2, 0.25) is 0 Å². The molecule has 1 aromatic rings. The van der Waals surface area contributed by atoms with Gasteiger partial charge in [0.15, 0.2) is 0 Å². The number of rotatable bonds is 2. The van der Waals surface area contributed by atoms with E-state index < -0.39 is 17.5 Å². The highest BCUT2D eigenvalue weighted by Crippen LogP contribution is 2.21. The summed E-state index contributed by atoms with van der Waals surface area (Å²) in [6.07, 6.45) is -4.38. The molecule has 14 heavy (non-hydrogen) atoms. The van der Waals surface area contributed by atoms with E-state index in [4.69, 9.17) is 0 Å². The molecule has 74 valence electrons. The van der Waals surface area contributed by atoms with Crippen molar-refractivity contribution in [2.24, 2.45) is 0 Å². The Bertz CT molecular complexity index is 351. The molecule has 0 aliphatic rings. The molecule has 0 aromatic heterocycles. The first-order valence-electron chi connectivity index (χ1n) is 3.62. The molecule has 0 aliphatic heterocycles. The normalized spacial score (nSPS) is 11.1. The third-order valence-corrected chi connectivity index (χ3v) is 1.57. The number of aldehydes is 1. The van der Waals surface area contributed by atoms with Crippen LogP contribution in [0.3, 0.4) is 0 Å². The molecule has 0 unspecified atom stereocenters. The summed E-state index contributed by atoms with van der Waals surface area (Å²) in [5.74, 6) is -1.91. The minimum Gasteiger partial charge on any atom is -0.298 e. The molecule has 0 fully saturated rings. The van der Waals surface area contributed by atoms with Crippen LogP contribution in [0.5, 0.6) is 0 Å². The van der Waals surface area contributed by atoms with Crippen LogP contribution in [0.4, 0.5) is 13.2 Å². The minimum absolute atomic E-state index is 0.226. The summed E-state index contributed by atoms with van der Waals surface area (Å²) in [5.41, 5.74) is -0.244. The van der Waals surface area contributed by atoms with E-state index in [0.29, 0.717) is 6.29 Å². The Morgan fingerprint density at radius 2 is 1.64 bits per heavy atom. The van der Waals surface area contributed by atoms with Crippen LogP contribution in [-0.2, 0) is 0 Å². The topological polar surface area (TPSA) is 34.1 Å². The number of alkyl halides is 3. The third-order valence-electron chi connectivity index (χ3n) is 1.57. The lowest BCUT2D eigenvalue weighted by molar-refractivity contribution is -0.0885. The van der Waals surface area contributed by atoms with Gasteiger partial charge in [-0.15, -0.1) is 0 Å². The fourth-order valence-corrected chi connectivity index (χ4v) is 0.877. The van der Waals surface area contributed by atoms with Crippen molar-refractivity contribution in [3.05, 3.63) is 35.4 Å². The van der Waals surface area contributed by atoms with Gasteiger partial charge in [0.1, 0.15) is 6.29 Å². The Labute approximate surface area is 77.3 Å². The van der Waals surface area contributed by atoms with Crippen molar-refractivity contribution in [1.82, 2.24) is 0 Å². The van der Waals surface area contributed by atoms with Gasteiger partial charge in [0.05, 0.1) is 0 Å². The summed E-state index contributed by atoms with van der Waals surface area (Å²) in [6, 6.07) is 4.26. The van der Waals surface area contributed by atoms with Crippen LogP contribution in [-0.4, -0.2) is 18.2 Å². The quantitative estimate of drug-likeness (QED) is 0.544. The van der Waals surface area contributed by atoms with E-state index in [1.54, 1.807) is 0 Å². The molecule has 0 spiro atoms. The van der Waals surface area contributed by atoms with Crippen molar-refractivity contribution in [3.8, 4) is 0 Å². The number of benzene rings is 1. The van der Waals surface area contributed by atoms with E-state index in [1.807, 2.05) is 0 Å². The average Bonchev–Trinajstić information content (AvgIpc) is 2.15. The number of ketones is 1. The molecule has 1 aromatic carbocycles. The molecular formula is C9H5F3O2. The van der Waals surface area contributed by atoms with Crippen LogP contribution in [0.15, 0.2) is 24.3 Å². The van der Waals surface area contributed by atoms with Crippen LogP contribution in [0, 0.1) is 0 Å². The summed E-state index contributed by atoms with van der Waals surface area (Å²) in [5, 5.41) is 0. The van der Waals surface area contributed by atoms with Crippen LogP contribution in [0.25, 0.3) is 0 Å². The van der Waals surface area contributed by atoms with Gasteiger partial charge in [-0.05, 0) is 0 Å². The summed E-state index contributed by atoms with van der Waals surface area (Å²) in [4.78, 5) is 20.8. The molecule has 1 rings (SSSR count). The van der Waals surface area contributed by atoms with E-state index in [-0.39, 0.29) is 5.56 Å². The molecule has 0 heterocycles. The van der Waals surface area contributed by atoms with Gasteiger partial charge in [0.25, 0.3) is 5.78 Å². The zero-order valence-electron chi connectivity index (χ0n) is 6.84. The average molecular weight is 202 g/mol. The number of hydrogen-bond acceptors (Lipinski definition) is 2. The molecule has 0 saturated heterocycles. The first-order chi connectivity index (χ1) is 6.45. The zero-order chi connectivity index (χ0) is 10.8. The highest BCUT2D eigenvalue weighted by Gasteiger charge is 2.38. The van der Waals surface area contributed by atoms with Crippen molar-refractivity contribution >= 4 is 12.1 Å². The second kappa shape index (κ2) is 3.61. The predicted molar refractivity (Wildman–Crippen MR) is 42.2 cm³/mol. The molecule has 0 amide bonds. The van der Waals surface area contributed by atoms with E-state index in [0.717, 1.165) is 24.3 Å². The maximum absolute atomic E-state index is 11.9. The molecule has 0 atom stereocenters. The van der Waals surface area contributed by atoms with E-state index in [2.05, 4.69) is 0 Å². The van der Waals surface area contributed by atoms with Gasteiger partial charge < -0.3 is 0 Å². The van der Waals surface area contributed by atoms with Crippen LogP contribution in [0.2, 0.25) is 0 Å². The van der Waals surface area contributed by atoms with E-state index >= 15 is 0 Å². The summed E-state index contributed by atoms with van der Waals surface area (Å²) in [7, 11) is 0. The lowest BCUT2D eigenvalue weighted by Crippen LogP contribution is -2.22. The Balaban J connectivity index is 2.98. The second-order valence-corrected chi connectivity index (χ2v) is 2.57. The van der Waals surface area contributed by atoms with Crippen LogP contribution < -0.4 is 0 Å². The van der Waals surface area contributed by atoms with E-state index in [9.17, 15) is 22.8 Å². The third kappa shape index (κ3) is 2.18. The monoisotopic (exact) mass is 202 g/mol. The number of carbonyl (C=O) groups is 2. The molecular weight excluding hydrogens is 197 g/mol. The fraction of sp³-hybridized carbons (Fsp3) is 0.111. The highest BCUT2D eigenvalue weighted by molar-refractivity contribution is 6.00. The van der Waals surface area contributed by atoms with Gasteiger partial charge in [-0.2, -0.15) is 13.2 Å². The maximum atomic E-state index is 11.9. The summed E-state index contributed by atoms with van der Waals surface area (Å²) in [6.45, 7) is 0. The Hall–Kier alpha value is -1.65. The maximum Gasteiger partial charge on any atom is 0.454 e. The molecule has 0 radical (unpaired) electrons. The second-order valence-electron chi connectivity index (χ2n) is 2.57. The van der Waals surface area contributed by atoms with E-state index in [1.165, 1.54) is 0 Å². The summed E-state index contributed by atoms with van der Waals surface area (Å²) >= 11 is 0. The van der Waals surface area contributed by atoms with Crippen molar-refractivity contribution in [3.63, 3.8) is 0 Å². The largest absolute Gasteiger partial charge is 0.454 e. The lowest BCUT2D eigenvalue weighted by Gasteiger charge is -2.04. The Kier molecular flexibility index (Phi) is 2.69. The molecule has 0 N–H and O–H groups in total. The zero-order valence-corrected chi connectivity index (χ0v) is 6.84. The van der Waals surface area contributed by atoms with Crippen molar-refractivity contribution in [2.75, 3.05) is 0 Å². The molecule has 0 aliphatic carbocycles. The fourth-order valence-electron chi connectivity index (χ4n) is 0.877. The van der Waals surface area contributed by atoms with Gasteiger partial charge in [0, 0.05) is 11.1 Å². The van der Waals surface area contributed by atoms with Gasteiger partial charge in [-0.3, -0.25) is 9.59 Å². The van der Waals surface area contributed by atoms with Crippen LogP contribution >= 0.6 is 0 Å². The van der Waals surface area contributed by atoms with Gasteiger partial charge in [-0.25, -0.2) is 0 Å². The summed E-state index contributed by atoms with van der Waals surface area (Å²) < 4.78 is 35.7. The van der Waals surface area contributed by atoms with Gasteiger partial charge in [-0.1, -0.05) is 24.3 Å². The molecule has 2 nitrogen and oxygen atoms in total. The Morgan fingerprint density at radius 1 is 1.14 bits per heavy atom. The molecule has 0 bridgehead atoms. The minimum atomic E-state index is -4.87. The molecule has 5 heteroatoms. The number of hydrogen-bond donors (Lipinski definition) is 0. The first-order valence-corrected chi connectivity index (χ1v) is 3.62. The van der Waals surface area contributed by atoms with Crippen molar-refractivity contribution < 1.29 is 22.8 Å². The highest BCUT2D eigenvalue weighted by atomic mass is 19.4.